The Bertz CT molecular complexity index is 1240. The summed E-state index contributed by atoms with van der Waals surface area (Å²) in [5, 5.41) is 36.2. The molecule has 0 aliphatic carbocycles. The van der Waals surface area contributed by atoms with Gasteiger partial charge in [0.15, 0.2) is 0 Å². The highest BCUT2D eigenvalue weighted by Crippen LogP contribution is 2.13. The zero-order valence-corrected chi connectivity index (χ0v) is 23.7. The number of carboxylic acids is 1. The summed E-state index contributed by atoms with van der Waals surface area (Å²) in [5.41, 5.74) is 18.1. The van der Waals surface area contributed by atoms with Gasteiger partial charge in [-0.2, -0.15) is 0 Å². The minimum atomic E-state index is -1.34. The SMILES string of the molecule is NCCCCC(NC(=O)C(CCC(N)=O)NC(=O)C(N)Cc1ccc(O)cc1)C(=O)NC(Cc1ccc(O)cc1)C(=O)O. The van der Waals surface area contributed by atoms with Crippen LogP contribution in [0.15, 0.2) is 48.5 Å². The normalized spacial score (nSPS) is 13.6. The molecule has 234 valence electrons. The van der Waals surface area contributed by atoms with E-state index in [0.717, 1.165) is 0 Å². The molecule has 4 unspecified atom stereocenters. The second kappa shape index (κ2) is 17.3. The molecule has 14 heteroatoms. The summed E-state index contributed by atoms with van der Waals surface area (Å²) in [6, 6.07) is 7.03. The summed E-state index contributed by atoms with van der Waals surface area (Å²) in [7, 11) is 0. The van der Waals surface area contributed by atoms with E-state index in [2.05, 4.69) is 16.0 Å². The number of carbonyl (C=O) groups excluding carboxylic acids is 4. The quantitative estimate of drug-likeness (QED) is 0.0956. The molecule has 2 aromatic rings. The lowest BCUT2D eigenvalue weighted by atomic mass is 10.0. The van der Waals surface area contributed by atoms with Crippen LogP contribution in [0.3, 0.4) is 0 Å². The number of phenolic OH excluding ortho intramolecular Hbond substituents is 2. The number of amides is 4. The molecule has 4 atom stereocenters. The van der Waals surface area contributed by atoms with Crippen LogP contribution in [-0.2, 0) is 36.8 Å². The van der Waals surface area contributed by atoms with Gasteiger partial charge in [-0.05, 0) is 74.0 Å². The van der Waals surface area contributed by atoms with Crippen LogP contribution in [0.25, 0.3) is 0 Å². The number of aliphatic carboxylic acids is 1. The first-order chi connectivity index (χ1) is 20.4. The van der Waals surface area contributed by atoms with Gasteiger partial charge in [-0.25, -0.2) is 4.79 Å². The molecule has 43 heavy (non-hydrogen) atoms. The van der Waals surface area contributed by atoms with Crippen molar-refractivity contribution < 1.29 is 39.3 Å². The van der Waals surface area contributed by atoms with Gasteiger partial charge < -0.3 is 48.5 Å². The minimum Gasteiger partial charge on any atom is -0.508 e. The number of hydrogen-bond acceptors (Lipinski definition) is 9. The molecule has 2 rings (SSSR count). The maximum Gasteiger partial charge on any atom is 0.326 e. The standard InChI is InChI=1S/C29H40N6O8/c30-14-2-1-3-22(27(40)35-24(29(42)43)16-18-6-10-20(37)11-7-18)34-28(41)23(12-13-25(32)38)33-26(39)21(31)15-17-4-8-19(36)9-5-17/h4-11,21-24,36-37H,1-3,12-16,30-31H2,(H2,32,38)(H,33,39)(H,34,41)(H,35,40)(H,42,43). The first-order valence-corrected chi connectivity index (χ1v) is 13.8. The highest BCUT2D eigenvalue weighted by molar-refractivity contribution is 5.94. The zero-order chi connectivity index (χ0) is 31.9. The number of benzene rings is 2. The lowest BCUT2D eigenvalue weighted by Gasteiger charge is -2.25. The van der Waals surface area contributed by atoms with Crippen molar-refractivity contribution in [2.45, 2.75) is 69.1 Å². The molecule has 0 heterocycles. The van der Waals surface area contributed by atoms with Crippen molar-refractivity contribution in [3.05, 3.63) is 59.7 Å². The molecule has 0 radical (unpaired) electrons. The number of hydrogen-bond donors (Lipinski definition) is 9. The van der Waals surface area contributed by atoms with Gasteiger partial charge in [0.2, 0.25) is 23.6 Å². The van der Waals surface area contributed by atoms with E-state index in [1.807, 2.05) is 0 Å². The molecule has 0 bridgehead atoms. The van der Waals surface area contributed by atoms with Crippen molar-refractivity contribution in [3.63, 3.8) is 0 Å². The lowest BCUT2D eigenvalue weighted by Crippen LogP contribution is -2.57. The number of rotatable bonds is 18. The predicted octanol–water partition coefficient (Wildman–Crippen LogP) is -0.856. The Morgan fingerprint density at radius 1 is 0.674 bits per heavy atom. The highest BCUT2D eigenvalue weighted by Gasteiger charge is 2.30. The Labute approximate surface area is 249 Å². The number of carbonyl (C=O) groups is 5. The summed E-state index contributed by atoms with van der Waals surface area (Å²) in [6.07, 6.45) is 0.679. The number of aromatic hydroxyl groups is 2. The molecule has 0 fully saturated rings. The largest absolute Gasteiger partial charge is 0.508 e. The van der Waals surface area contributed by atoms with Crippen LogP contribution in [0.1, 0.15) is 43.2 Å². The number of nitrogens with one attached hydrogen (secondary N) is 3. The van der Waals surface area contributed by atoms with Crippen molar-refractivity contribution >= 4 is 29.6 Å². The van der Waals surface area contributed by atoms with Crippen LogP contribution < -0.4 is 33.2 Å². The van der Waals surface area contributed by atoms with Crippen LogP contribution in [0.2, 0.25) is 0 Å². The molecule has 12 N–H and O–H groups in total. The van der Waals surface area contributed by atoms with E-state index in [1.54, 1.807) is 12.1 Å². The van der Waals surface area contributed by atoms with Gasteiger partial charge in [0.1, 0.15) is 29.6 Å². The maximum atomic E-state index is 13.3. The molecular weight excluding hydrogens is 560 g/mol. The van der Waals surface area contributed by atoms with Gasteiger partial charge in [-0.1, -0.05) is 24.3 Å². The first-order valence-electron chi connectivity index (χ1n) is 13.8. The number of phenols is 2. The molecule has 0 aliphatic rings. The van der Waals surface area contributed by atoms with Crippen LogP contribution in [0.4, 0.5) is 0 Å². The third-order valence-corrected chi connectivity index (χ3v) is 6.61. The van der Waals surface area contributed by atoms with Crippen LogP contribution >= 0.6 is 0 Å². The Morgan fingerprint density at radius 3 is 1.63 bits per heavy atom. The molecule has 0 spiro atoms. The van der Waals surface area contributed by atoms with Crippen LogP contribution in [0.5, 0.6) is 11.5 Å². The molecule has 0 aromatic heterocycles. The Morgan fingerprint density at radius 2 is 1.14 bits per heavy atom. The van der Waals surface area contributed by atoms with Crippen molar-refractivity contribution in [3.8, 4) is 11.5 Å². The van der Waals surface area contributed by atoms with Gasteiger partial charge in [-0.3, -0.25) is 19.2 Å². The van der Waals surface area contributed by atoms with Gasteiger partial charge in [0, 0.05) is 12.8 Å². The molecule has 4 amide bonds. The number of nitrogens with two attached hydrogens (primary N) is 3. The van der Waals surface area contributed by atoms with E-state index in [9.17, 15) is 39.3 Å². The van der Waals surface area contributed by atoms with E-state index < -0.39 is 53.8 Å². The second-order valence-corrected chi connectivity index (χ2v) is 10.2. The fourth-order valence-corrected chi connectivity index (χ4v) is 4.19. The summed E-state index contributed by atoms with van der Waals surface area (Å²) < 4.78 is 0. The van der Waals surface area contributed by atoms with E-state index >= 15 is 0 Å². The minimum absolute atomic E-state index is 0.00151. The highest BCUT2D eigenvalue weighted by atomic mass is 16.4. The third kappa shape index (κ3) is 12.4. The smallest absolute Gasteiger partial charge is 0.326 e. The van der Waals surface area contributed by atoms with Crippen molar-refractivity contribution in [1.82, 2.24) is 16.0 Å². The van der Waals surface area contributed by atoms with E-state index in [-0.39, 0.29) is 43.6 Å². The fourth-order valence-electron chi connectivity index (χ4n) is 4.19. The summed E-state index contributed by atoms with van der Waals surface area (Å²) >= 11 is 0. The van der Waals surface area contributed by atoms with Crippen molar-refractivity contribution in [2.24, 2.45) is 17.2 Å². The van der Waals surface area contributed by atoms with Crippen LogP contribution in [0, 0.1) is 0 Å². The lowest BCUT2D eigenvalue weighted by molar-refractivity contribution is -0.142. The third-order valence-electron chi connectivity index (χ3n) is 6.61. The maximum absolute atomic E-state index is 13.3. The monoisotopic (exact) mass is 600 g/mol. The average molecular weight is 601 g/mol. The summed E-state index contributed by atoms with van der Waals surface area (Å²) in [5.74, 6) is -4.21. The Hall–Kier alpha value is -4.69. The average Bonchev–Trinajstić information content (AvgIpc) is 2.96. The van der Waals surface area contributed by atoms with Crippen LogP contribution in [-0.4, -0.2) is 75.6 Å². The summed E-state index contributed by atoms with van der Waals surface area (Å²) in [6.45, 7) is 0.330. The second-order valence-electron chi connectivity index (χ2n) is 10.2. The van der Waals surface area contributed by atoms with E-state index in [1.165, 1.54) is 36.4 Å². The number of primary amides is 1. The van der Waals surface area contributed by atoms with Gasteiger partial charge in [-0.15, -0.1) is 0 Å². The van der Waals surface area contributed by atoms with Crippen molar-refractivity contribution in [1.29, 1.82) is 0 Å². The Kier molecular flexibility index (Phi) is 13.9. The molecule has 0 aliphatic heterocycles. The zero-order valence-electron chi connectivity index (χ0n) is 23.7. The van der Waals surface area contributed by atoms with Gasteiger partial charge in [0.05, 0.1) is 6.04 Å². The predicted molar refractivity (Wildman–Crippen MR) is 156 cm³/mol. The van der Waals surface area contributed by atoms with E-state index in [0.29, 0.717) is 30.5 Å². The Balaban J connectivity index is 2.16. The topological polar surface area (TPSA) is 260 Å². The molecular formula is C29H40N6O8. The molecule has 2 aromatic carbocycles. The fraction of sp³-hybridized carbons (Fsp3) is 0.414. The molecule has 0 saturated carbocycles. The summed E-state index contributed by atoms with van der Waals surface area (Å²) in [4.78, 5) is 62.8. The number of carboxylic acid groups (broad SMARTS) is 1. The van der Waals surface area contributed by atoms with E-state index in [4.69, 9.17) is 17.2 Å². The van der Waals surface area contributed by atoms with Gasteiger partial charge >= 0.3 is 5.97 Å². The molecule has 0 saturated heterocycles. The first kappa shape index (κ1) is 34.5. The number of unbranched alkanes of at least 4 members (excludes halogenated alkanes) is 1. The molecule has 14 nitrogen and oxygen atoms in total. The van der Waals surface area contributed by atoms with Gasteiger partial charge in [0.25, 0.3) is 0 Å². The van der Waals surface area contributed by atoms with Crippen molar-refractivity contribution in [2.75, 3.05) is 6.54 Å².